The second-order valence-corrected chi connectivity index (χ2v) is 6.00. The third-order valence-corrected chi connectivity index (χ3v) is 3.40. The minimum atomic E-state index is 0.170. The van der Waals surface area contributed by atoms with Crippen molar-refractivity contribution in [2.75, 3.05) is 18.0 Å². The lowest BCUT2D eigenvalue weighted by atomic mass is 9.88. The third kappa shape index (κ3) is 2.97. The highest BCUT2D eigenvalue weighted by Gasteiger charge is 2.19. The summed E-state index contributed by atoms with van der Waals surface area (Å²) in [5.74, 6) is 1.06. The van der Waals surface area contributed by atoms with Gasteiger partial charge in [0, 0.05) is 25.3 Å². The van der Waals surface area contributed by atoms with Crippen molar-refractivity contribution in [2.24, 2.45) is 5.73 Å². The molecule has 0 unspecified atom stereocenters. The maximum absolute atomic E-state index is 5.99. The molecule has 0 spiro atoms. The van der Waals surface area contributed by atoms with Crippen LogP contribution >= 0.6 is 0 Å². The van der Waals surface area contributed by atoms with Gasteiger partial charge in [-0.25, -0.2) is 4.98 Å². The Labute approximate surface area is 104 Å². The first kappa shape index (κ1) is 12.4. The number of hydrogen-bond acceptors (Lipinski definition) is 3. The second-order valence-electron chi connectivity index (χ2n) is 6.00. The second kappa shape index (κ2) is 4.65. The zero-order chi connectivity index (χ0) is 12.5. The monoisotopic (exact) mass is 233 g/mol. The normalized spacial score (nSPS) is 21.6. The van der Waals surface area contributed by atoms with Gasteiger partial charge in [-0.1, -0.05) is 26.8 Å². The zero-order valence-corrected chi connectivity index (χ0v) is 11.1. The van der Waals surface area contributed by atoms with E-state index in [0.717, 1.165) is 25.3 Å². The highest BCUT2D eigenvalue weighted by molar-refractivity contribution is 5.41. The Morgan fingerprint density at radius 3 is 2.65 bits per heavy atom. The largest absolute Gasteiger partial charge is 0.355 e. The quantitative estimate of drug-likeness (QED) is 0.809. The van der Waals surface area contributed by atoms with Gasteiger partial charge in [-0.2, -0.15) is 0 Å². The van der Waals surface area contributed by atoms with E-state index in [-0.39, 0.29) is 5.41 Å². The highest BCUT2D eigenvalue weighted by Crippen LogP contribution is 2.24. The third-order valence-electron chi connectivity index (χ3n) is 3.40. The van der Waals surface area contributed by atoms with Crippen molar-refractivity contribution in [2.45, 2.75) is 45.1 Å². The lowest BCUT2D eigenvalue weighted by Crippen LogP contribution is -2.43. The number of hydrogen-bond donors (Lipinski definition) is 1. The molecule has 1 aliphatic rings. The predicted octanol–water partition coefficient (Wildman–Crippen LogP) is 2.31. The molecule has 1 saturated heterocycles. The van der Waals surface area contributed by atoms with E-state index < -0.39 is 0 Å². The number of anilines is 1. The van der Waals surface area contributed by atoms with Crippen LogP contribution < -0.4 is 10.6 Å². The number of nitrogens with two attached hydrogens (primary N) is 1. The number of pyridine rings is 1. The van der Waals surface area contributed by atoms with Crippen LogP contribution in [0.4, 0.5) is 5.82 Å². The first-order chi connectivity index (χ1) is 7.97. The van der Waals surface area contributed by atoms with Crippen molar-refractivity contribution in [3.63, 3.8) is 0 Å². The summed E-state index contributed by atoms with van der Waals surface area (Å²) in [5, 5.41) is 0. The molecule has 0 saturated carbocycles. The van der Waals surface area contributed by atoms with Crippen LogP contribution in [0.2, 0.25) is 0 Å². The van der Waals surface area contributed by atoms with Gasteiger partial charge in [0.15, 0.2) is 0 Å². The molecule has 0 radical (unpaired) electrons. The van der Waals surface area contributed by atoms with Gasteiger partial charge in [0.05, 0.1) is 0 Å². The van der Waals surface area contributed by atoms with Crippen molar-refractivity contribution in [1.82, 2.24) is 4.98 Å². The summed E-state index contributed by atoms with van der Waals surface area (Å²) in [6, 6.07) is 4.61. The van der Waals surface area contributed by atoms with Crippen LogP contribution in [0.15, 0.2) is 18.3 Å². The van der Waals surface area contributed by atoms with Gasteiger partial charge >= 0.3 is 0 Å². The van der Waals surface area contributed by atoms with E-state index in [4.69, 9.17) is 5.73 Å². The Morgan fingerprint density at radius 2 is 2.12 bits per heavy atom. The Bertz CT molecular complexity index is 364. The van der Waals surface area contributed by atoms with Crippen LogP contribution in [0, 0.1) is 0 Å². The summed E-state index contributed by atoms with van der Waals surface area (Å²) in [6.07, 6.45) is 4.30. The van der Waals surface area contributed by atoms with Crippen molar-refractivity contribution in [3.05, 3.63) is 23.9 Å². The number of piperidine rings is 1. The molecule has 2 N–H and O–H groups in total. The summed E-state index contributed by atoms with van der Waals surface area (Å²) < 4.78 is 0. The Balaban J connectivity index is 2.12. The van der Waals surface area contributed by atoms with Crippen LogP contribution in [-0.2, 0) is 5.41 Å². The summed E-state index contributed by atoms with van der Waals surface area (Å²) in [5.41, 5.74) is 7.44. The lowest BCUT2D eigenvalue weighted by molar-refractivity contribution is 0.502. The van der Waals surface area contributed by atoms with E-state index in [2.05, 4.69) is 42.8 Å². The zero-order valence-electron chi connectivity index (χ0n) is 11.1. The van der Waals surface area contributed by atoms with Gasteiger partial charge in [0.1, 0.15) is 5.82 Å². The number of rotatable bonds is 1. The molecule has 17 heavy (non-hydrogen) atoms. The fourth-order valence-corrected chi connectivity index (χ4v) is 2.23. The molecule has 1 fully saturated rings. The molecule has 0 aromatic carbocycles. The van der Waals surface area contributed by atoms with E-state index in [1.807, 2.05) is 6.20 Å². The van der Waals surface area contributed by atoms with Crippen molar-refractivity contribution in [1.29, 1.82) is 0 Å². The van der Waals surface area contributed by atoms with Gasteiger partial charge in [-0.15, -0.1) is 0 Å². The Kier molecular flexibility index (Phi) is 3.38. The van der Waals surface area contributed by atoms with Gasteiger partial charge in [-0.05, 0) is 29.9 Å². The topological polar surface area (TPSA) is 42.1 Å². The fraction of sp³-hybridized carbons (Fsp3) is 0.643. The van der Waals surface area contributed by atoms with Gasteiger partial charge in [-0.3, -0.25) is 0 Å². The summed E-state index contributed by atoms with van der Waals surface area (Å²) >= 11 is 0. The molecular formula is C14H23N3. The molecule has 1 aromatic rings. The molecule has 0 bridgehead atoms. The molecular weight excluding hydrogens is 210 g/mol. The average Bonchev–Trinajstić information content (AvgIpc) is 2.28. The highest BCUT2D eigenvalue weighted by atomic mass is 15.2. The Hall–Kier alpha value is -1.09. The molecule has 3 nitrogen and oxygen atoms in total. The van der Waals surface area contributed by atoms with Gasteiger partial charge < -0.3 is 10.6 Å². The molecule has 1 atom stereocenters. The van der Waals surface area contributed by atoms with Crippen molar-refractivity contribution in [3.8, 4) is 0 Å². The smallest absolute Gasteiger partial charge is 0.128 e. The molecule has 1 aromatic heterocycles. The lowest BCUT2D eigenvalue weighted by Gasteiger charge is -2.32. The number of nitrogens with zero attached hydrogens (tertiary/aromatic N) is 2. The summed E-state index contributed by atoms with van der Waals surface area (Å²) in [7, 11) is 0. The van der Waals surface area contributed by atoms with Crippen LogP contribution in [-0.4, -0.2) is 24.1 Å². The molecule has 2 rings (SSSR count). The van der Waals surface area contributed by atoms with Crippen LogP contribution in [0.5, 0.6) is 0 Å². The molecule has 3 heteroatoms. The minimum absolute atomic E-state index is 0.170. The van der Waals surface area contributed by atoms with E-state index in [1.54, 1.807) is 0 Å². The van der Waals surface area contributed by atoms with Gasteiger partial charge in [0.25, 0.3) is 0 Å². The molecule has 0 aliphatic carbocycles. The SMILES string of the molecule is CC(C)(C)c1ccc(N2CCC[C@@H](N)C2)nc1. The summed E-state index contributed by atoms with van der Waals surface area (Å²) in [4.78, 5) is 6.87. The van der Waals surface area contributed by atoms with Crippen LogP contribution in [0.25, 0.3) is 0 Å². The standard InChI is InChI=1S/C14H23N3/c1-14(2,3)11-6-7-13(16-9-11)17-8-4-5-12(15)10-17/h6-7,9,12H,4-5,8,10,15H2,1-3H3/t12-/m1/s1. The predicted molar refractivity (Wildman–Crippen MR) is 72.4 cm³/mol. The minimum Gasteiger partial charge on any atom is -0.355 e. The molecule has 2 heterocycles. The first-order valence-corrected chi connectivity index (χ1v) is 6.44. The maximum atomic E-state index is 5.99. The molecule has 94 valence electrons. The molecule has 1 aliphatic heterocycles. The van der Waals surface area contributed by atoms with Crippen LogP contribution in [0.1, 0.15) is 39.2 Å². The average molecular weight is 233 g/mol. The molecule has 0 amide bonds. The van der Waals surface area contributed by atoms with Crippen molar-refractivity contribution >= 4 is 5.82 Å². The fourth-order valence-electron chi connectivity index (χ4n) is 2.23. The number of aromatic nitrogens is 1. The Morgan fingerprint density at radius 1 is 1.35 bits per heavy atom. The van der Waals surface area contributed by atoms with E-state index in [0.29, 0.717) is 6.04 Å². The van der Waals surface area contributed by atoms with E-state index in [9.17, 15) is 0 Å². The van der Waals surface area contributed by atoms with E-state index >= 15 is 0 Å². The van der Waals surface area contributed by atoms with Crippen molar-refractivity contribution < 1.29 is 0 Å². The van der Waals surface area contributed by atoms with Gasteiger partial charge in [0.2, 0.25) is 0 Å². The van der Waals surface area contributed by atoms with Crippen LogP contribution in [0.3, 0.4) is 0 Å². The van der Waals surface area contributed by atoms with E-state index in [1.165, 1.54) is 12.0 Å². The first-order valence-electron chi connectivity index (χ1n) is 6.44. The maximum Gasteiger partial charge on any atom is 0.128 e. The summed E-state index contributed by atoms with van der Waals surface area (Å²) in [6.45, 7) is 8.64.